The summed E-state index contributed by atoms with van der Waals surface area (Å²) in [5, 5.41) is 0.720. The molecule has 0 saturated carbocycles. The summed E-state index contributed by atoms with van der Waals surface area (Å²) in [6.45, 7) is 3.46. The second-order valence-electron chi connectivity index (χ2n) is 9.99. The van der Waals surface area contributed by atoms with E-state index in [1.807, 2.05) is 64.4 Å². The van der Waals surface area contributed by atoms with E-state index in [4.69, 9.17) is 30.5 Å². The van der Waals surface area contributed by atoms with Gasteiger partial charge in [0, 0.05) is 43.4 Å². The van der Waals surface area contributed by atoms with Crippen LogP contribution in [0.15, 0.2) is 54.6 Å². The van der Waals surface area contributed by atoms with Crippen molar-refractivity contribution in [2.45, 2.75) is 18.9 Å². The number of carbonyl (C=O) groups excluding carboxylic acids is 1. The summed E-state index contributed by atoms with van der Waals surface area (Å²) in [7, 11) is 6.54. The summed E-state index contributed by atoms with van der Waals surface area (Å²) < 4.78 is 22.2. The van der Waals surface area contributed by atoms with Gasteiger partial charge in [0.1, 0.15) is 0 Å². The van der Waals surface area contributed by atoms with Crippen LogP contribution < -0.4 is 23.8 Å². The molecule has 0 radical (unpaired) electrons. The van der Waals surface area contributed by atoms with Gasteiger partial charge in [-0.1, -0.05) is 17.7 Å². The van der Waals surface area contributed by atoms with Crippen LogP contribution in [0.1, 0.15) is 22.7 Å². The number of hydrogen-bond acceptors (Lipinski definition) is 6. The molecule has 40 heavy (non-hydrogen) atoms. The number of anilines is 1. The number of fused-ring (bicyclic) bond motifs is 1. The van der Waals surface area contributed by atoms with Gasteiger partial charge in [-0.05, 0) is 78.1 Å². The quantitative estimate of drug-likeness (QED) is 0.379. The van der Waals surface area contributed by atoms with Crippen LogP contribution in [0.3, 0.4) is 0 Å². The molecule has 2 amide bonds. The summed E-state index contributed by atoms with van der Waals surface area (Å²) in [4.78, 5) is 20.4. The van der Waals surface area contributed by atoms with E-state index in [1.54, 1.807) is 28.4 Å². The first kappa shape index (κ1) is 27.8. The molecule has 2 aliphatic rings. The predicted octanol–water partition coefficient (Wildman–Crippen LogP) is 5.46. The summed E-state index contributed by atoms with van der Waals surface area (Å²) in [6.07, 6.45) is 1.37. The maximum atomic E-state index is 14.1. The molecule has 9 heteroatoms. The van der Waals surface area contributed by atoms with Crippen LogP contribution >= 0.6 is 11.6 Å². The molecule has 8 nitrogen and oxygen atoms in total. The molecule has 0 aliphatic carbocycles. The first-order valence-electron chi connectivity index (χ1n) is 13.5. The Hall–Kier alpha value is -3.78. The molecule has 3 aromatic carbocycles. The number of rotatable bonds is 7. The molecule has 0 aromatic heterocycles. The number of methoxy groups -OCH3 is 4. The lowest BCUT2D eigenvalue weighted by Gasteiger charge is -2.43. The zero-order valence-corrected chi connectivity index (χ0v) is 24.2. The summed E-state index contributed by atoms with van der Waals surface area (Å²) in [5.41, 5.74) is 4.41. The molecule has 1 saturated heterocycles. The van der Waals surface area contributed by atoms with Crippen LogP contribution in [0.5, 0.6) is 23.0 Å². The molecule has 0 spiro atoms. The van der Waals surface area contributed by atoms with Crippen molar-refractivity contribution in [2.24, 2.45) is 0 Å². The minimum atomic E-state index is -0.177. The third-order valence-corrected chi connectivity index (χ3v) is 8.12. The molecule has 1 fully saturated rings. The van der Waals surface area contributed by atoms with Crippen molar-refractivity contribution in [2.75, 3.05) is 66.1 Å². The monoisotopic (exact) mass is 565 g/mol. The highest BCUT2D eigenvalue weighted by Gasteiger charge is 2.35. The lowest BCUT2D eigenvalue weighted by Crippen LogP contribution is -2.54. The van der Waals surface area contributed by atoms with Crippen LogP contribution in [0.4, 0.5) is 10.5 Å². The number of hydrogen-bond donors (Lipinski definition) is 0. The van der Waals surface area contributed by atoms with Gasteiger partial charge in [0.25, 0.3) is 0 Å². The summed E-state index contributed by atoms with van der Waals surface area (Å²) in [6, 6.07) is 17.7. The smallest absolute Gasteiger partial charge is 0.320 e. The Balaban J connectivity index is 1.42. The van der Waals surface area contributed by atoms with Crippen molar-refractivity contribution < 1.29 is 23.7 Å². The SMILES string of the molecule is COc1ccc(CC2c3cc(OC)c(OC)cc3CCN2C(=O)N2CCN(c3ccc(Cl)cc3)CC2)cc1OC. The van der Waals surface area contributed by atoms with E-state index in [-0.39, 0.29) is 12.1 Å². The molecule has 0 N–H and O–H groups in total. The van der Waals surface area contributed by atoms with Gasteiger partial charge in [0.05, 0.1) is 34.5 Å². The number of amides is 2. The van der Waals surface area contributed by atoms with Crippen LogP contribution in [-0.4, -0.2) is 77.0 Å². The maximum Gasteiger partial charge on any atom is 0.320 e. The number of halogens is 1. The van der Waals surface area contributed by atoms with Crippen LogP contribution in [0.2, 0.25) is 5.02 Å². The first-order valence-corrected chi connectivity index (χ1v) is 13.8. The predicted molar refractivity (Wildman–Crippen MR) is 157 cm³/mol. The van der Waals surface area contributed by atoms with Gasteiger partial charge in [0.15, 0.2) is 23.0 Å². The fourth-order valence-corrected chi connectivity index (χ4v) is 5.82. The molecule has 2 heterocycles. The topological polar surface area (TPSA) is 63.7 Å². The Labute approximate surface area is 240 Å². The van der Waals surface area contributed by atoms with Crippen LogP contribution in [0.25, 0.3) is 0 Å². The van der Waals surface area contributed by atoms with E-state index in [2.05, 4.69) is 4.90 Å². The first-order chi connectivity index (χ1) is 19.4. The molecule has 0 bridgehead atoms. The lowest BCUT2D eigenvalue weighted by atomic mass is 9.88. The number of carbonyl (C=O) groups is 1. The van der Waals surface area contributed by atoms with Gasteiger partial charge >= 0.3 is 6.03 Å². The van der Waals surface area contributed by atoms with Gasteiger partial charge in [0.2, 0.25) is 0 Å². The molecule has 1 atom stereocenters. The van der Waals surface area contributed by atoms with Crippen molar-refractivity contribution in [1.82, 2.24) is 9.80 Å². The van der Waals surface area contributed by atoms with Crippen molar-refractivity contribution >= 4 is 23.3 Å². The van der Waals surface area contributed by atoms with Crippen molar-refractivity contribution in [1.29, 1.82) is 0 Å². The van der Waals surface area contributed by atoms with Crippen LogP contribution in [0, 0.1) is 0 Å². The molecule has 5 rings (SSSR count). The maximum absolute atomic E-state index is 14.1. The largest absolute Gasteiger partial charge is 0.493 e. The van der Waals surface area contributed by atoms with Crippen molar-refractivity contribution in [3.8, 4) is 23.0 Å². The minimum Gasteiger partial charge on any atom is -0.493 e. The summed E-state index contributed by atoms with van der Waals surface area (Å²) >= 11 is 6.07. The van der Waals surface area contributed by atoms with Gasteiger partial charge in [-0.15, -0.1) is 0 Å². The number of urea groups is 1. The fraction of sp³-hybridized carbons (Fsp3) is 0.387. The van der Waals surface area contributed by atoms with E-state index in [9.17, 15) is 4.79 Å². The number of ether oxygens (including phenoxy) is 4. The highest BCUT2D eigenvalue weighted by molar-refractivity contribution is 6.30. The second kappa shape index (κ2) is 12.2. The Morgan fingerprint density at radius 2 is 1.40 bits per heavy atom. The Morgan fingerprint density at radius 1 is 0.775 bits per heavy atom. The van der Waals surface area contributed by atoms with E-state index < -0.39 is 0 Å². The Morgan fingerprint density at radius 3 is 2.05 bits per heavy atom. The zero-order valence-electron chi connectivity index (χ0n) is 23.5. The van der Waals surface area contributed by atoms with Gasteiger partial charge in [-0.3, -0.25) is 0 Å². The molecular weight excluding hydrogens is 530 g/mol. The molecule has 3 aromatic rings. The second-order valence-corrected chi connectivity index (χ2v) is 10.4. The van der Waals surface area contributed by atoms with Crippen molar-refractivity contribution in [3.63, 3.8) is 0 Å². The third-order valence-electron chi connectivity index (χ3n) is 7.87. The van der Waals surface area contributed by atoms with E-state index in [0.29, 0.717) is 49.1 Å². The van der Waals surface area contributed by atoms with Crippen molar-refractivity contribution in [3.05, 3.63) is 76.3 Å². The molecular formula is C31H36ClN3O5. The van der Waals surface area contributed by atoms with Gasteiger partial charge in [-0.2, -0.15) is 0 Å². The molecule has 1 unspecified atom stereocenters. The van der Waals surface area contributed by atoms with Gasteiger partial charge < -0.3 is 33.6 Å². The third kappa shape index (κ3) is 5.59. The fourth-order valence-electron chi connectivity index (χ4n) is 5.70. The van der Waals surface area contributed by atoms with E-state index >= 15 is 0 Å². The Kier molecular flexibility index (Phi) is 8.45. The normalized spacial score (nSPS) is 16.8. The lowest BCUT2D eigenvalue weighted by molar-refractivity contribution is 0.125. The van der Waals surface area contributed by atoms with Gasteiger partial charge in [-0.25, -0.2) is 4.79 Å². The average Bonchev–Trinajstić information content (AvgIpc) is 3.00. The number of benzene rings is 3. The number of piperazine rings is 1. The standard InChI is InChI=1S/C31H36ClN3O5/c1-37-27-10-5-21(18-28(27)38-2)17-26-25-20-30(40-4)29(39-3)19-22(25)11-12-35(26)31(36)34-15-13-33(14-16-34)24-8-6-23(32)7-9-24/h5-10,18-20,26H,11-17H2,1-4H3. The van der Waals surface area contributed by atoms with E-state index in [1.165, 1.54) is 5.56 Å². The highest BCUT2D eigenvalue weighted by Crippen LogP contribution is 2.41. The highest BCUT2D eigenvalue weighted by atomic mass is 35.5. The number of nitrogens with zero attached hydrogens (tertiary/aromatic N) is 3. The molecule has 212 valence electrons. The zero-order chi connectivity index (χ0) is 28.2. The minimum absolute atomic E-state index is 0.0571. The van der Waals surface area contributed by atoms with Crippen LogP contribution in [-0.2, 0) is 12.8 Å². The van der Waals surface area contributed by atoms with E-state index in [0.717, 1.165) is 41.3 Å². The molecule has 2 aliphatic heterocycles. The average molecular weight is 566 g/mol. The Bertz CT molecular complexity index is 1340. The summed E-state index contributed by atoms with van der Waals surface area (Å²) in [5.74, 6) is 2.70.